The Morgan fingerprint density at radius 2 is 2.19 bits per heavy atom. The first kappa shape index (κ1) is 26.0. The van der Waals surface area contributed by atoms with E-state index in [0.717, 1.165) is 62.4 Å². The highest BCUT2D eigenvalue weighted by Gasteiger charge is 2.33. The zero-order valence-electron chi connectivity index (χ0n) is 21.2. The monoisotopic (exact) mass is 495 g/mol. The highest BCUT2D eigenvalue weighted by atomic mass is 16.5. The molecule has 0 bridgehead atoms. The second-order valence-corrected chi connectivity index (χ2v) is 10.2. The van der Waals surface area contributed by atoms with Gasteiger partial charge in [0, 0.05) is 50.7 Å². The van der Waals surface area contributed by atoms with Gasteiger partial charge in [0.15, 0.2) is 0 Å². The Balaban J connectivity index is 1.20. The van der Waals surface area contributed by atoms with Gasteiger partial charge >= 0.3 is 5.97 Å². The number of nitrogens with one attached hydrogen (secondary N) is 2. The fourth-order valence-corrected chi connectivity index (χ4v) is 4.75. The van der Waals surface area contributed by atoms with Crippen molar-refractivity contribution in [2.45, 2.75) is 63.5 Å². The molecular formula is C27H37N5O4. The molecule has 0 aliphatic carbocycles. The third-order valence-corrected chi connectivity index (χ3v) is 7.18. The number of amides is 1. The van der Waals surface area contributed by atoms with Crippen molar-refractivity contribution >= 4 is 17.7 Å². The summed E-state index contributed by atoms with van der Waals surface area (Å²) in [5, 5.41) is 15.8. The summed E-state index contributed by atoms with van der Waals surface area (Å²) < 4.78 is 6.10. The Kier molecular flexibility index (Phi) is 8.53. The molecule has 36 heavy (non-hydrogen) atoms. The van der Waals surface area contributed by atoms with E-state index < -0.39 is 17.4 Å². The predicted octanol–water partition coefficient (Wildman–Crippen LogP) is 2.41. The summed E-state index contributed by atoms with van der Waals surface area (Å²) in [5.41, 5.74) is 2.19. The van der Waals surface area contributed by atoms with Crippen molar-refractivity contribution in [3.8, 4) is 0 Å². The molecule has 9 nitrogen and oxygen atoms in total. The highest BCUT2D eigenvalue weighted by molar-refractivity contribution is 5.90. The van der Waals surface area contributed by atoms with Crippen LogP contribution in [0.3, 0.4) is 0 Å². The standard InChI is InChI=1S/C27H37N5O4/c1-27(2,20-6-4-12-28-17-20)26(35)31-23(25(33)34)10-15-32-14-9-22(18-32)36-16-11-21-8-7-19-5-3-13-29-24(19)30-21/h4,6-8,12,17,22-23H,3,5,9-11,13-16,18H2,1-2H3,(H,29,30)(H,31,35)(H,33,34)/t22-,23+/m1/s1. The van der Waals surface area contributed by atoms with Crippen LogP contribution >= 0.6 is 0 Å². The van der Waals surface area contributed by atoms with Crippen molar-refractivity contribution < 1.29 is 19.4 Å². The summed E-state index contributed by atoms with van der Waals surface area (Å²) in [5.74, 6) is -0.337. The Morgan fingerprint density at radius 1 is 1.33 bits per heavy atom. The first-order valence-corrected chi connectivity index (χ1v) is 12.8. The van der Waals surface area contributed by atoms with Crippen LogP contribution in [0.15, 0.2) is 36.7 Å². The van der Waals surface area contributed by atoms with Gasteiger partial charge in [-0.1, -0.05) is 12.1 Å². The summed E-state index contributed by atoms with van der Waals surface area (Å²) in [4.78, 5) is 35.8. The summed E-state index contributed by atoms with van der Waals surface area (Å²) in [6.07, 6.45) is 7.66. The normalized spacial score (nSPS) is 18.8. The van der Waals surface area contributed by atoms with Crippen LogP contribution in [0.25, 0.3) is 0 Å². The third-order valence-electron chi connectivity index (χ3n) is 7.18. The fourth-order valence-electron chi connectivity index (χ4n) is 4.75. The van der Waals surface area contributed by atoms with Gasteiger partial charge in [0.2, 0.25) is 5.91 Å². The lowest BCUT2D eigenvalue weighted by Crippen LogP contribution is -2.49. The number of carbonyl (C=O) groups is 2. The first-order chi connectivity index (χ1) is 17.3. The second-order valence-electron chi connectivity index (χ2n) is 10.2. The molecule has 0 aromatic carbocycles. The number of carbonyl (C=O) groups excluding carboxylic acids is 1. The molecular weight excluding hydrogens is 458 g/mol. The number of rotatable bonds is 11. The van der Waals surface area contributed by atoms with E-state index in [2.05, 4.69) is 32.7 Å². The minimum atomic E-state index is -1.02. The van der Waals surface area contributed by atoms with E-state index in [1.807, 2.05) is 6.07 Å². The number of nitrogens with zero attached hydrogens (tertiary/aromatic N) is 3. The quantitative estimate of drug-likeness (QED) is 0.435. The summed E-state index contributed by atoms with van der Waals surface area (Å²) in [6, 6.07) is 6.90. The highest BCUT2D eigenvalue weighted by Crippen LogP contribution is 2.23. The maximum atomic E-state index is 12.9. The largest absolute Gasteiger partial charge is 0.480 e. The van der Waals surface area contributed by atoms with Gasteiger partial charge in [-0.3, -0.25) is 9.78 Å². The molecule has 9 heteroatoms. The molecule has 2 aliphatic heterocycles. The van der Waals surface area contributed by atoms with Gasteiger partial charge in [-0.05, 0) is 62.8 Å². The number of aromatic nitrogens is 2. The average molecular weight is 496 g/mol. The van der Waals surface area contributed by atoms with Gasteiger partial charge in [0.05, 0.1) is 18.1 Å². The van der Waals surface area contributed by atoms with Gasteiger partial charge in [-0.15, -0.1) is 0 Å². The van der Waals surface area contributed by atoms with Crippen molar-refractivity contribution in [1.29, 1.82) is 0 Å². The molecule has 2 aliphatic rings. The van der Waals surface area contributed by atoms with Crippen LogP contribution in [0.2, 0.25) is 0 Å². The van der Waals surface area contributed by atoms with Gasteiger partial charge in [-0.2, -0.15) is 0 Å². The van der Waals surface area contributed by atoms with E-state index in [4.69, 9.17) is 9.72 Å². The van der Waals surface area contributed by atoms with Gasteiger partial charge in [-0.25, -0.2) is 9.78 Å². The molecule has 0 unspecified atom stereocenters. The summed E-state index contributed by atoms with van der Waals surface area (Å²) >= 11 is 0. The molecule has 0 radical (unpaired) electrons. The smallest absolute Gasteiger partial charge is 0.326 e. The van der Waals surface area contributed by atoms with Crippen LogP contribution in [0, 0.1) is 0 Å². The number of aryl methyl sites for hydroxylation is 1. The second kappa shape index (κ2) is 11.8. The minimum Gasteiger partial charge on any atom is -0.480 e. The zero-order chi connectivity index (χ0) is 25.5. The summed E-state index contributed by atoms with van der Waals surface area (Å²) in [7, 11) is 0. The van der Waals surface area contributed by atoms with E-state index >= 15 is 0 Å². The molecule has 2 atom stereocenters. The van der Waals surface area contributed by atoms with E-state index in [1.165, 1.54) is 5.56 Å². The molecule has 2 aromatic rings. The van der Waals surface area contributed by atoms with Crippen LogP contribution in [-0.4, -0.2) is 76.8 Å². The Labute approximate surface area is 212 Å². The number of hydrogen-bond acceptors (Lipinski definition) is 7. The molecule has 0 saturated carbocycles. The van der Waals surface area contributed by atoms with Crippen molar-refractivity contribution in [2.75, 3.05) is 38.1 Å². The molecule has 194 valence electrons. The molecule has 2 aromatic heterocycles. The lowest BCUT2D eigenvalue weighted by molar-refractivity contribution is -0.142. The van der Waals surface area contributed by atoms with E-state index in [0.29, 0.717) is 19.6 Å². The van der Waals surface area contributed by atoms with Gasteiger partial charge in [0.1, 0.15) is 11.9 Å². The Morgan fingerprint density at radius 3 is 2.97 bits per heavy atom. The van der Waals surface area contributed by atoms with Crippen molar-refractivity contribution in [2.24, 2.45) is 0 Å². The molecule has 1 amide bonds. The number of pyridine rings is 2. The van der Waals surface area contributed by atoms with Crippen LogP contribution < -0.4 is 10.6 Å². The number of hydrogen-bond donors (Lipinski definition) is 3. The topological polar surface area (TPSA) is 117 Å². The maximum absolute atomic E-state index is 12.9. The van der Waals surface area contributed by atoms with Crippen LogP contribution in [0.4, 0.5) is 5.82 Å². The SMILES string of the molecule is CC(C)(C(=O)N[C@@H](CCN1CC[C@@H](OCCc2ccc3c(n2)NCCC3)C1)C(=O)O)c1cccnc1. The van der Waals surface area contributed by atoms with Gasteiger partial charge in [0.25, 0.3) is 0 Å². The molecule has 1 saturated heterocycles. The number of carboxylic acids is 1. The number of ether oxygens (including phenoxy) is 1. The number of carboxylic acid groups (broad SMARTS) is 1. The minimum absolute atomic E-state index is 0.128. The van der Waals surface area contributed by atoms with Crippen LogP contribution in [0.1, 0.15) is 49.9 Å². The van der Waals surface area contributed by atoms with Crippen molar-refractivity contribution in [3.05, 3.63) is 53.5 Å². The Bertz CT molecular complexity index is 1050. The summed E-state index contributed by atoms with van der Waals surface area (Å²) in [6.45, 7) is 7.35. The van der Waals surface area contributed by atoms with Crippen molar-refractivity contribution in [1.82, 2.24) is 20.2 Å². The first-order valence-electron chi connectivity index (χ1n) is 12.8. The lowest BCUT2D eigenvalue weighted by Gasteiger charge is -2.27. The molecule has 0 spiro atoms. The zero-order valence-corrected chi connectivity index (χ0v) is 21.2. The molecule has 4 heterocycles. The number of likely N-dealkylation sites (tertiary alicyclic amines) is 1. The van der Waals surface area contributed by atoms with Crippen molar-refractivity contribution in [3.63, 3.8) is 0 Å². The average Bonchev–Trinajstić information content (AvgIpc) is 3.34. The Hall–Kier alpha value is -3.04. The third kappa shape index (κ3) is 6.59. The van der Waals surface area contributed by atoms with Gasteiger partial charge < -0.3 is 25.4 Å². The maximum Gasteiger partial charge on any atom is 0.326 e. The van der Waals surface area contributed by atoms with E-state index in [9.17, 15) is 14.7 Å². The molecule has 4 rings (SSSR count). The fraction of sp³-hybridized carbons (Fsp3) is 0.556. The van der Waals surface area contributed by atoms with Crippen LogP contribution in [0.5, 0.6) is 0 Å². The van der Waals surface area contributed by atoms with E-state index in [-0.39, 0.29) is 12.0 Å². The lowest BCUT2D eigenvalue weighted by atomic mass is 9.84. The van der Waals surface area contributed by atoms with E-state index in [1.54, 1.807) is 32.3 Å². The van der Waals surface area contributed by atoms with Crippen LogP contribution in [-0.2, 0) is 32.6 Å². The molecule has 3 N–H and O–H groups in total. The predicted molar refractivity (Wildman–Crippen MR) is 137 cm³/mol. The number of anilines is 1. The number of aliphatic carboxylic acids is 1. The number of fused-ring (bicyclic) bond motifs is 1. The molecule has 1 fully saturated rings.